The van der Waals surface area contributed by atoms with Crippen molar-refractivity contribution in [1.29, 1.82) is 0 Å². The predicted molar refractivity (Wildman–Crippen MR) is 148 cm³/mol. The molecule has 1 N–H and O–H groups in total. The first-order chi connectivity index (χ1) is 18.9. The van der Waals surface area contributed by atoms with Crippen LogP contribution in [0.5, 0.6) is 5.88 Å². The minimum absolute atomic E-state index is 0.0166. The molecule has 6 rings (SSSR count). The van der Waals surface area contributed by atoms with Gasteiger partial charge in [-0.3, -0.25) is 19.2 Å². The maximum Gasteiger partial charge on any atom is 0.259 e. The number of carbonyl (C=O) groups excluding carboxylic acids is 1. The minimum atomic E-state index is -0.161. The van der Waals surface area contributed by atoms with Crippen LogP contribution >= 0.6 is 0 Å². The second-order valence-corrected chi connectivity index (χ2v) is 10.6. The van der Waals surface area contributed by atoms with Gasteiger partial charge in [-0.05, 0) is 56.0 Å². The number of hydrogen-bond donors (Lipinski definition) is 1. The van der Waals surface area contributed by atoms with Crippen molar-refractivity contribution in [2.24, 2.45) is 0 Å². The van der Waals surface area contributed by atoms with Crippen molar-refractivity contribution in [3.63, 3.8) is 0 Å². The third kappa shape index (κ3) is 4.79. The summed E-state index contributed by atoms with van der Waals surface area (Å²) in [7, 11) is 1.62. The van der Waals surface area contributed by atoms with E-state index in [1.54, 1.807) is 19.5 Å². The number of amides is 1. The first-order valence-corrected chi connectivity index (χ1v) is 13.6. The maximum absolute atomic E-state index is 13.9. The Morgan fingerprint density at radius 3 is 2.77 bits per heavy atom. The molecule has 1 amide bonds. The van der Waals surface area contributed by atoms with Gasteiger partial charge in [-0.2, -0.15) is 5.10 Å². The number of piperazine rings is 1. The van der Waals surface area contributed by atoms with Gasteiger partial charge in [0.15, 0.2) is 0 Å². The van der Waals surface area contributed by atoms with Gasteiger partial charge >= 0.3 is 0 Å². The van der Waals surface area contributed by atoms with Gasteiger partial charge in [-0.1, -0.05) is 0 Å². The summed E-state index contributed by atoms with van der Waals surface area (Å²) in [5.41, 5.74) is 4.00. The van der Waals surface area contributed by atoms with E-state index in [2.05, 4.69) is 26.9 Å². The molecule has 0 unspecified atom stereocenters. The van der Waals surface area contributed by atoms with Gasteiger partial charge < -0.3 is 19.4 Å². The average Bonchev–Trinajstić information content (AvgIpc) is 3.40. The number of aryl methyl sites for hydroxylation is 1. The van der Waals surface area contributed by atoms with Crippen molar-refractivity contribution < 1.29 is 14.3 Å². The van der Waals surface area contributed by atoms with Crippen molar-refractivity contribution in [3.8, 4) is 5.88 Å². The number of nitrogens with zero attached hydrogens (tertiary/aromatic N) is 5. The van der Waals surface area contributed by atoms with Crippen LogP contribution in [0, 0.1) is 6.92 Å². The fraction of sp³-hybridized carbons (Fsp3) is 0.448. The number of hydrogen-bond acceptors (Lipinski definition) is 7. The lowest BCUT2D eigenvalue weighted by Gasteiger charge is -2.40. The van der Waals surface area contributed by atoms with E-state index >= 15 is 0 Å². The third-order valence-electron chi connectivity index (χ3n) is 8.12. The van der Waals surface area contributed by atoms with Gasteiger partial charge in [0.1, 0.15) is 0 Å². The quantitative estimate of drug-likeness (QED) is 0.422. The predicted octanol–water partition coefficient (Wildman–Crippen LogP) is 3.29. The Morgan fingerprint density at radius 1 is 1.18 bits per heavy atom. The Balaban J connectivity index is 1.28. The molecule has 0 saturated carbocycles. The van der Waals surface area contributed by atoms with Crippen LogP contribution in [0.3, 0.4) is 0 Å². The molecule has 39 heavy (non-hydrogen) atoms. The highest BCUT2D eigenvalue weighted by Gasteiger charge is 2.29. The molecule has 0 bridgehead atoms. The number of fused-ring (bicyclic) bond motifs is 3. The van der Waals surface area contributed by atoms with Crippen LogP contribution < -0.4 is 10.3 Å². The van der Waals surface area contributed by atoms with E-state index in [-0.39, 0.29) is 23.6 Å². The topological polar surface area (TPSA) is 106 Å². The number of benzene rings is 1. The van der Waals surface area contributed by atoms with Crippen LogP contribution in [0.2, 0.25) is 0 Å². The molecular formula is C29H34N6O4. The fourth-order valence-corrected chi connectivity index (χ4v) is 5.91. The Hall–Kier alpha value is -3.76. The summed E-state index contributed by atoms with van der Waals surface area (Å²) in [5.74, 6) is 0.623. The van der Waals surface area contributed by atoms with Crippen molar-refractivity contribution in [2.75, 3.05) is 40.0 Å². The zero-order valence-corrected chi connectivity index (χ0v) is 22.6. The van der Waals surface area contributed by atoms with E-state index in [1.807, 2.05) is 40.8 Å². The Kier molecular flexibility index (Phi) is 6.82. The number of methoxy groups -OCH3 is 1. The molecule has 1 atom stereocenters. The molecule has 2 aliphatic heterocycles. The minimum Gasteiger partial charge on any atom is -0.481 e. The molecule has 10 heteroatoms. The van der Waals surface area contributed by atoms with Gasteiger partial charge in [-0.15, -0.1) is 0 Å². The largest absolute Gasteiger partial charge is 0.481 e. The Labute approximate surface area is 226 Å². The van der Waals surface area contributed by atoms with Gasteiger partial charge in [0.2, 0.25) is 5.88 Å². The number of H-pyrrole nitrogens is 1. The Bertz CT molecular complexity index is 1590. The lowest BCUT2D eigenvalue weighted by Crippen LogP contribution is -2.53. The third-order valence-corrected chi connectivity index (χ3v) is 8.12. The summed E-state index contributed by atoms with van der Waals surface area (Å²) in [6, 6.07) is 8.18. The highest BCUT2D eigenvalue weighted by atomic mass is 16.5. The molecule has 1 aromatic carbocycles. The molecule has 5 heterocycles. The molecule has 204 valence electrons. The molecule has 3 aromatic heterocycles. The number of carbonyl (C=O) groups is 1. The smallest absolute Gasteiger partial charge is 0.259 e. The van der Waals surface area contributed by atoms with Crippen LogP contribution in [-0.4, -0.2) is 81.5 Å². The van der Waals surface area contributed by atoms with Crippen LogP contribution in [0.4, 0.5) is 0 Å². The van der Waals surface area contributed by atoms with E-state index < -0.39 is 0 Å². The summed E-state index contributed by atoms with van der Waals surface area (Å²) in [6.07, 6.45) is 5.09. The van der Waals surface area contributed by atoms with Crippen molar-refractivity contribution in [3.05, 3.63) is 63.7 Å². The van der Waals surface area contributed by atoms with E-state index in [0.717, 1.165) is 53.5 Å². The van der Waals surface area contributed by atoms with Crippen molar-refractivity contribution in [2.45, 2.75) is 45.3 Å². The molecule has 10 nitrogen and oxygen atoms in total. The second-order valence-electron chi connectivity index (χ2n) is 10.6. The van der Waals surface area contributed by atoms with Crippen LogP contribution in [-0.2, 0) is 11.3 Å². The molecule has 0 radical (unpaired) electrons. The summed E-state index contributed by atoms with van der Waals surface area (Å²) < 4.78 is 12.8. The molecular weight excluding hydrogens is 496 g/mol. The molecule has 0 aliphatic carbocycles. The van der Waals surface area contributed by atoms with E-state index in [1.165, 1.54) is 0 Å². The number of nitrogens with one attached hydrogen (secondary N) is 1. The summed E-state index contributed by atoms with van der Waals surface area (Å²) in [4.78, 5) is 38.3. The lowest BCUT2D eigenvalue weighted by atomic mass is 10.0. The normalized spacial score (nSPS) is 19.2. The highest BCUT2D eigenvalue weighted by Crippen LogP contribution is 2.30. The number of rotatable bonds is 5. The summed E-state index contributed by atoms with van der Waals surface area (Å²) in [6.45, 7) is 8.28. The highest BCUT2D eigenvalue weighted by molar-refractivity contribution is 6.07. The summed E-state index contributed by atoms with van der Waals surface area (Å²) in [5, 5.41) is 6.00. The van der Waals surface area contributed by atoms with Crippen molar-refractivity contribution in [1.82, 2.24) is 29.5 Å². The fourth-order valence-electron chi connectivity index (χ4n) is 5.91. The van der Waals surface area contributed by atoms with Gasteiger partial charge in [0, 0.05) is 68.6 Å². The molecule has 4 aromatic rings. The van der Waals surface area contributed by atoms with Crippen LogP contribution in [0.15, 0.2) is 41.5 Å². The lowest BCUT2D eigenvalue weighted by molar-refractivity contribution is 0.0494. The molecule has 0 spiro atoms. The number of aromatic amines is 1. The van der Waals surface area contributed by atoms with Crippen molar-refractivity contribution >= 4 is 27.7 Å². The van der Waals surface area contributed by atoms with Crippen LogP contribution in [0.25, 0.3) is 21.8 Å². The first-order valence-electron chi connectivity index (χ1n) is 13.6. The maximum atomic E-state index is 13.9. The van der Waals surface area contributed by atoms with E-state index in [0.29, 0.717) is 43.1 Å². The monoisotopic (exact) mass is 530 g/mol. The Morgan fingerprint density at radius 2 is 2.00 bits per heavy atom. The average molecular weight is 531 g/mol. The zero-order chi connectivity index (χ0) is 27.1. The number of pyridine rings is 2. The van der Waals surface area contributed by atoms with Crippen LogP contribution in [0.1, 0.15) is 47.3 Å². The van der Waals surface area contributed by atoms with E-state index in [4.69, 9.17) is 9.47 Å². The van der Waals surface area contributed by atoms with Gasteiger partial charge in [0.25, 0.3) is 11.5 Å². The van der Waals surface area contributed by atoms with E-state index in [9.17, 15) is 9.59 Å². The standard InChI is InChI=1S/C29H34N6O4/c1-18-12-25-23(27-24(28(36)32-25)15-31-35(27)21-5-10-39-11-6-21)14-22(18)29(37)34-9-8-33(19(2)16-34)17-20-4-7-30-26(13-20)38-3/h4,7,12-15,19,21H,5-6,8-11,16-17H2,1-3H3,(H,32,36)/t19-/m0/s1. The number of aromatic nitrogens is 4. The second kappa shape index (κ2) is 10.4. The molecule has 2 fully saturated rings. The first kappa shape index (κ1) is 25.5. The van der Waals surface area contributed by atoms with Gasteiger partial charge in [-0.25, -0.2) is 4.98 Å². The molecule has 2 saturated heterocycles. The SMILES string of the molecule is COc1cc(CN2CCN(C(=O)c3cc4c(cc3C)[nH]c(=O)c3cnn(C5CCOCC5)c34)C[C@@H]2C)ccn1. The zero-order valence-electron chi connectivity index (χ0n) is 22.6. The molecule has 2 aliphatic rings. The summed E-state index contributed by atoms with van der Waals surface area (Å²) >= 11 is 0. The van der Waals surface area contributed by atoms with Gasteiger partial charge in [0.05, 0.1) is 35.8 Å². The number of ether oxygens (including phenoxy) is 2.